The second-order valence-electron chi connectivity index (χ2n) is 6.87. The molecule has 3 N–H and O–H groups in total. The number of benzene rings is 2. The summed E-state index contributed by atoms with van der Waals surface area (Å²) in [5.41, 5.74) is 2.63. The Kier molecular flexibility index (Phi) is 6.99. The summed E-state index contributed by atoms with van der Waals surface area (Å²) in [6.07, 6.45) is 2.22. The fraction of sp³-hybridized carbons (Fsp3) is 0.318. The zero-order valence-electron chi connectivity index (χ0n) is 16.9. The van der Waals surface area contributed by atoms with E-state index >= 15 is 0 Å². The smallest absolute Gasteiger partial charge is 0.335 e. The highest BCUT2D eigenvalue weighted by Crippen LogP contribution is 2.33. The third-order valence-corrected chi connectivity index (χ3v) is 5.57. The summed E-state index contributed by atoms with van der Waals surface area (Å²) in [6.45, 7) is 3.90. The number of carboxylic acid groups (broad SMARTS) is 1. The number of imidazole rings is 1. The van der Waals surface area contributed by atoms with Crippen LogP contribution < -0.4 is 4.74 Å². The normalized spacial score (nSPS) is 11.0. The van der Waals surface area contributed by atoms with Gasteiger partial charge in [0, 0.05) is 11.3 Å². The number of fused-ring (bicyclic) bond motifs is 1. The predicted octanol–water partition coefficient (Wildman–Crippen LogP) is 4.68. The number of hydrogen-bond acceptors (Lipinski definition) is 6. The number of nitrogens with one attached hydrogen (secondary N) is 1. The number of carbonyl (C=O) groups is 2. The summed E-state index contributed by atoms with van der Waals surface area (Å²) in [4.78, 5) is 30.3. The Labute approximate surface area is 178 Å². The molecule has 0 atom stereocenters. The molecule has 0 radical (unpaired) electrons. The molecule has 3 aromatic rings. The van der Waals surface area contributed by atoms with Gasteiger partial charge in [0.05, 0.1) is 28.8 Å². The number of phenolic OH excluding ortho intramolecular Hbond substituents is 1. The van der Waals surface area contributed by atoms with Crippen LogP contribution in [0.3, 0.4) is 0 Å². The van der Waals surface area contributed by atoms with Crippen LogP contribution in [-0.4, -0.2) is 44.3 Å². The molecule has 1 aromatic heterocycles. The zero-order chi connectivity index (χ0) is 21.7. The molecule has 30 heavy (non-hydrogen) atoms. The minimum absolute atomic E-state index is 0.0132. The maximum atomic E-state index is 11.6. The molecule has 0 unspecified atom stereocenters. The molecule has 158 valence electrons. The average Bonchev–Trinajstić information content (AvgIpc) is 3.11. The second kappa shape index (κ2) is 9.67. The Hall–Kier alpha value is -3.00. The van der Waals surface area contributed by atoms with E-state index in [1.54, 1.807) is 24.3 Å². The fourth-order valence-electron chi connectivity index (χ4n) is 3.13. The van der Waals surface area contributed by atoms with Crippen molar-refractivity contribution < 1.29 is 24.5 Å². The van der Waals surface area contributed by atoms with Gasteiger partial charge in [-0.25, -0.2) is 9.78 Å². The highest BCUT2D eigenvalue weighted by atomic mass is 32.2. The Morgan fingerprint density at radius 1 is 1.23 bits per heavy atom. The van der Waals surface area contributed by atoms with Gasteiger partial charge in [-0.15, -0.1) is 0 Å². The number of aromatic carboxylic acids is 1. The molecule has 8 heteroatoms. The predicted molar refractivity (Wildman–Crippen MR) is 116 cm³/mol. The Bertz CT molecular complexity index is 1080. The Balaban J connectivity index is 1.56. The number of ketones is 1. The topological polar surface area (TPSA) is 113 Å². The van der Waals surface area contributed by atoms with E-state index < -0.39 is 5.97 Å². The van der Waals surface area contributed by atoms with E-state index in [1.165, 1.54) is 24.8 Å². The number of ether oxygens (including phenoxy) is 1. The number of rotatable bonds is 10. The van der Waals surface area contributed by atoms with E-state index in [1.807, 2.05) is 6.92 Å². The van der Waals surface area contributed by atoms with Crippen LogP contribution in [0.2, 0.25) is 0 Å². The molecule has 7 nitrogen and oxygen atoms in total. The van der Waals surface area contributed by atoms with Crippen molar-refractivity contribution in [2.45, 2.75) is 38.3 Å². The number of aromatic amines is 1. The molecule has 1 heterocycles. The number of phenols is 1. The molecule has 2 aromatic carbocycles. The van der Waals surface area contributed by atoms with Gasteiger partial charge in [0.15, 0.2) is 10.9 Å². The van der Waals surface area contributed by atoms with Crippen LogP contribution in [0, 0.1) is 0 Å². The number of nitrogens with zero attached hydrogens (tertiary/aromatic N) is 1. The lowest BCUT2D eigenvalue weighted by Gasteiger charge is -2.14. The van der Waals surface area contributed by atoms with Gasteiger partial charge in [-0.1, -0.05) is 25.1 Å². The third kappa shape index (κ3) is 4.94. The van der Waals surface area contributed by atoms with Crippen molar-refractivity contribution in [1.82, 2.24) is 9.97 Å². The van der Waals surface area contributed by atoms with Crippen molar-refractivity contribution in [3.05, 3.63) is 47.0 Å². The van der Waals surface area contributed by atoms with Crippen LogP contribution in [0.25, 0.3) is 11.0 Å². The minimum atomic E-state index is -0.970. The van der Waals surface area contributed by atoms with E-state index in [4.69, 9.17) is 9.84 Å². The molecule has 0 amide bonds. The summed E-state index contributed by atoms with van der Waals surface area (Å²) in [7, 11) is 0. The van der Waals surface area contributed by atoms with Crippen molar-refractivity contribution in [1.29, 1.82) is 0 Å². The van der Waals surface area contributed by atoms with Gasteiger partial charge in [-0.2, -0.15) is 0 Å². The molecule has 0 aliphatic rings. The van der Waals surface area contributed by atoms with Gasteiger partial charge in [0.1, 0.15) is 11.5 Å². The molecule has 0 fully saturated rings. The number of aromatic hydroxyl groups is 1. The van der Waals surface area contributed by atoms with Gasteiger partial charge in [0.2, 0.25) is 0 Å². The van der Waals surface area contributed by atoms with Crippen molar-refractivity contribution >= 4 is 34.5 Å². The Morgan fingerprint density at radius 2 is 2.03 bits per heavy atom. The number of H-pyrrole nitrogens is 1. The van der Waals surface area contributed by atoms with Crippen LogP contribution in [0.15, 0.2) is 35.5 Å². The second-order valence-corrected chi connectivity index (χ2v) is 7.96. The first-order valence-corrected chi connectivity index (χ1v) is 10.7. The van der Waals surface area contributed by atoms with Crippen LogP contribution in [-0.2, 0) is 6.42 Å². The molecule has 0 aliphatic heterocycles. The standard InChI is InChI=1S/C22H24N2O5S/c1-3-5-16-19(9-7-15(13(2)25)20(16)26)29-10-4-11-30-22-23-17-8-6-14(21(27)28)12-18(17)24-22/h6-9,12,26H,3-5,10-11H2,1-2H3,(H,23,24)(H,27,28). The first-order chi connectivity index (χ1) is 14.4. The number of Topliss-reactive ketones (excluding diaryl/α,β-unsaturated/α-hetero) is 1. The van der Waals surface area contributed by atoms with Crippen molar-refractivity contribution in [3.63, 3.8) is 0 Å². The molecular weight excluding hydrogens is 404 g/mol. The maximum absolute atomic E-state index is 11.6. The van der Waals surface area contributed by atoms with E-state index in [9.17, 15) is 14.7 Å². The largest absolute Gasteiger partial charge is 0.507 e. The summed E-state index contributed by atoms with van der Waals surface area (Å²) in [6, 6.07) is 8.14. The van der Waals surface area contributed by atoms with E-state index in [2.05, 4.69) is 9.97 Å². The van der Waals surface area contributed by atoms with Gasteiger partial charge < -0.3 is 19.9 Å². The minimum Gasteiger partial charge on any atom is -0.507 e. The van der Waals surface area contributed by atoms with Crippen LogP contribution in [0.4, 0.5) is 0 Å². The summed E-state index contributed by atoms with van der Waals surface area (Å²) < 4.78 is 5.86. The van der Waals surface area contributed by atoms with Gasteiger partial charge in [-0.3, -0.25) is 4.79 Å². The number of aromatic nitrogens is 2. The fourth-order valence-corrected chi connectivity index (χ4v) is 3.93. The van der Waals surface area contributed by atoms with Crippen molar-refractivity contribution in [3.8, 4) is 11.5 Å². The molecule has 0 bridgehead atoms. The van der Waals surface area contributed by atoms with Crippen LogP contribution in [0.1, 0.15) is 53.0 Å². The summed E-state index contributed by atoms with van der Waals surface area (Å²) >= 11 is 1.53. The molecule has 0 saturated heterocycles. The van der Waals surface area contributed by atoms with E-state index in [0.717, 1.165) is 29.3 Å². The molecular formula is C22H24N2O5S. The van der Waals surface area contributed by atoms with Gasteiger partial charge in [-0.05, 0) is 50.1 Å². The molecule has 3 rings (SSSR count). The first kappa shape index (κ1) is 21.7. The average molecular weight is 429 g/mol. The third-order valence-electron chi connectivity index (χ3n) is 4.61. The number of carbonyl (C=O) groups excluding carboxylic acids is 1. The summed E-state index contributed by atoms with van der Waals surface area (Å²) in [5, 5.41) is 20.2. The van der Waals surface area contributed by atoms with E-state index in [-0.39, 0.29) is 17.1 Å². The monoisotopic (exact) mass is 428 g/mol. The lowest BCUT2D eigenvalue weighted by molar-refractivity contribution is 0.0696. The zero-order valence-corrected chi connectivity index (χ0v) is 17.7. The Morgan fingerprint density at radius 3 is 2.73 bits per heavy atom. The molecule has 0 saturated carbocycles. The quantitative estimate of drug-likeness (QED) is 0.244. The van der Waals surface area contributed by atoms with Gasteiger partial charge in [0.25, 0.3) is 0 Å². The highest BCUT2D eigenvalue weighted by molar-refractivity contribution is 7.99. The maximum Gasteiger partial charge on any atom is 0.335 e. The number of carboxylic acids is 1. The SMILES string of the molecule is CCCc1c(OCCCSc2nc3ccc(C(=O)O)cc3[nH]2)ccc(C(C)=O)c1O. The lowest BCUT2D eigenvalue weighted by Crippen LogP contribution is -2.04. The first-order valence-electron chi connectivity index (χ1n) is 9.75. The number of thioether (sulfide) groups is 1. The van der Waals surface area contributed by atoms with Crippen LogP contribution in [0.5, 0.6) is 11.5 Å². The summed E-state index contributed by atoms with van der Waals surface area (Å²) in [5.74, 6) is 0.233. The van der Waals surface area contributed by atoms with Crippen molar-refractivity contribution in [2.75, 3.05) is 12.4 Å². The van der Waals surface area contributed by atoms with E-state index in [0.29, 0.717) is 35.4 Å². The highest BCUT2D eigenvalue weighted by Gasteiger charge is 2.16. The lowest BCUT2D eigenvalue weighted by atomic mass is 10.0. The molecule has 0 spiro atoms. The van der Waals surface area contributed by atoms with Crippen LogP contribution >= 0.6 is 11.8 Å². The number of hydrogen-bond donors (Lipinski definition) is 3. The van der Waals surface area contributed by atoms with Crippen molar-refractivity contribution in [2.24, 2.45) is 0 Å². The molecule has 0 aliphatic carbocycles. The van der Waals surface area contributed by atoms with Gasteiger partial charge >= 0.3 is 5.97 Å².